The first-order chi connectivity index (χ1) is 17.4. The summed E-state index contributed by atoms with van der Waals surface area (Å²) in [6.45, 7) is 9.20. The summed E-state index contributed by atoms with van der Waals surface area (Å²) in [6, 6.07) is 18.7. The first-order valence-electron chi connectivity index (χ1n) is 13.3. The number of benzene rings is 3. The summed E-state index contributed by atoms with van der Waals surface area (Å²) in [4.78, 5) is 2.40. The number of halogens is 2. The van der Waals surface area contributed by atoms with E-state index in [4.69, 9.17) is 23.2 Å². The first kappa shape index (κ1) is 26.9. The lowest BCUT2D eigenvalue weighted by atomic mass is 9.94. The summed E-state index contributed by atoms with van der Waals surface area (Å²) < 4.78 is 0. The van der Waals surface area contributed by atoms with Crippen molar-refractivity contribution in [1.29, 1.82) is 0 Å². The maximum absolute atomic E-state index is 11.5. The van der Waals surface area contributed by atoms with E-state index in [0.717, 1.165) is 84.1 Å². The highest BCUT2D eigenvalue weighted by atomic mass is 35.5. The second-order valence-electron chi connectivity index (χ2n) is 9.78. The molecule has 190 valence electrons. The number of hydrogen-bond acceptors (Lipinski definition) is 2. The average molecular weight is 523 g/mol. The highest BCUT2D eigenvalue weighted by Crippen LogP contribution is 2.50. The lowest BCUT2D eigenvalue weighted by Crippen LogP contribution is -2.31. The van der Waals surface area contributed by atoms with Crippen molar-refractivity contribution in [3.05, 3.63) is 92.5 Å². The lowest BCUT2D eigenvalue weighted by Gasteiger charge is -2.26. The van der Waals surface area contributed by atoms with Crippen LogP contribution in [0.4, 0.5) is 0 Å². The van der Waals surface area contributed by atoms with E-state index in [0.29, 0.717) is 16.6 Å². The molecule has 0 heterocycles. The van der Waals surface area contributed by atoms with Gasteiger partial charge in [0, 0.05) is 16.6 Å². The lowest BCUT2D eigenvalue weighted by molar-refractivity contribution is 0.111. The molecule has 0 aliphatic heterocycles. The van der Waals surface area contributed by atoms with Crippen molar-refractivity contribution in [3.8, 4) is 11.1 Å². The van der Waals surface area contributed by atoms with E-state index < -0.39 is 6.10 Å². The van der Waals surface area contributed by atoms with E-state index in [1.165, 1.54) is 5.56 Å². The monoisotopic (exact) mass is 521 g/mol. The molecule has 0 amide bonds. The van der Waals surface area contributed by atoms with Gasteiger partial charge in [0.05, 0.1) is 6.10 Å². The number of fused-ring (bicyclic) bond motifs is 3. The Morgan fingerprint density at radius 1 is 0.806 bits per heavy atom. The maximum atomic E-state index is 11.5. The van der Waals surface area contributed by atoms with Gasteiger partial charge >= 0.3 is 0 Å². The van der Waals surface area contributed by atoms with E-state index in [9.17, 15) is 5.11 Å². The van der Waals surface area contributed by atoms with Crippen molar-refractivity contribution in [2.45, 2.75) is 59.0 Å². The van der Waals surface area contributed by atoms with Crippen LogP contribution in [0.1, 0.15) is 80.4 Å². The van der Waals surface area contributed by atoms with Crippen LogP contribution in [0.5, 0.6) is 0 Å². The van der Waals surface area contributed by atoms with E-state index in [2.05, 4.69) is 62.1 Å². The van der Waals surface area contributed by atoms with Crippen LogP contribution in [-0.2, 0) is 6.42 Å². The van der Waals surface area contributed by atoms with Gasteiger partial charge in [0.15, 0.2) is 0 Å². The van der Waals surface area contributed by atoms with Gasteiger partial charge in [0.1, 0.15) is 0 Å². The van der Waals surface area contributed by atoms with Gasteiger partial charge in [-0.05, 0) is 107 Å². The Bertz CT molecular complexity index is 1210. The third kappa shape index (κ3) is 6.06. The van der Waals surface area contributed by atoms with Crippen LogP contribution in [0, 0.1) is 0 Å². The summed E-state index contributed by atoms with van der Waals surface area (Å²) in [6.07, 6.45) is 7.16. The molecule has 4 heteroatoms. The largest absolute Gasteiger partial charge is 0.387 e. The molecule has 1 aliphatic rings. The van der Waals surface area contributed by atoms with Crippen molar-refractivity contribution in [2.75, 3.05) is 19.6 Å². The molecule has 1 unspecified atom stereocenters. The number of aliphatic hydroxyl groups is 1. The van der Waals surface area contributed by atoms with Crippen LogP contribution in [-0.4, -0.2) is 29.6 Å². The van der Waals surface area contributed by atoms with Crippen molar-refractivity contribution in [2.24, 2.45) is 0 Å². The number of rotatable bonds is 11. The topological polar surface area (TPSA) is 23.5 Å². The van der Waals surface area contributed by atoms with E-state index in [1.54, 1.807) is 0 Å². The summed E-state index contributed by atoms with van der Waals surface area (Å²) >= 11 is 13.1. The molecule has 0 saturated heterocycles. The Balaban J connectivity index is 1.78. The standard InChI is InChI=1S/C32H37Cl2NO/c1-4-7-15-35(16-8-5-2)21-31(36)30-20-25(34)19-29-27(17-23-11-9-22(6-3)10-12-23)28-18-24(33)13-14-26(28)32(29)30/h9-14,17-20,31,36H,4-8,15-16,21H2,1-3H3/b27-17-. The number of hydrogen-bond donors (Lipinski definition) is 1. The van der Waals surface area contributed by atoms with Gasteiger partial charge in [-0.15, -0.1) is 0 Å². The summed E-state index contributed by atoms with van der Waals surface area (Å²) in [7, 11) is 0. The Morgan fingerprint density at radius 3 is 2.11 bits per heavy atom. The van der Waals surface area contributed by atoms with E-state index >= 15 is 0 Å². The van der Waals surface area contributed by atoms with Gasteiger partial charge in [0.2, 0.25) is 0 Å². The molecule has 0 bridgehead atoms. The zero-order chi connectivity index (χ0) is 25.7. The van der Waals surface area contributed by atoms with Gasteiger partial charge in [-0.3, -0.25) is 0 Å². The quantitative estimate of drug-likeness (QED) is 0.212. The second-order valence-corrected chi connectivity index (χ2v) is 10.7. The van der Waals surface area contributed by atoms with Crippen LogP contribution >= 0.6 is 23.2 Å². The van der Waals surface area contributed by atoms with E-state index in [-0.39, 0.29) is 0 Å². The van der Waals surface area contributed by atoms with Crippen LogP contribution in [0.25, 0.3) is 22.8 Å². The molecule has 0 radical (unpaired) electrons. The Morgan fingerprint density at radius 2 is 1.47 bits per heavy atom. The van der Waals surface area contributed by atoms with Gasteiger partial charge in [-0.2, -0.15) is 0 Å². The molecule has 1 N–H and O–H groups in total. The molecule has 3 aromatic carbocycles. The smallest absolute Gasteiger partial charge is 0.0923 e. The number of unbranched alkanes of at least 4 members (excludes halogenated alkanes) is 2. The second kappa shape index (κ2) is 12.4. The fourth-order valence-corrected chi connectivity index (χ4v) is 5.48. The third-order valence-electron chi connectivity index (χ3n) is 7.11. The average Bonchev–Trinajstić information content (AvgIpc) is 3.17. The van der Waals surface area contributed by atoms with E-state index in [1.807, 2.05) is 24.3 Å². The molecule has 3 aromatic rings. The highest BCUT2D eigenvalue weighted by Gasteiger charge is 2.29. The molecule has 36 heavy (non-hydrogen) atoms. The minimum absolute atomic E-state index is 0.604. The molecule has 0 fully saturated rings. The van der Waals surface area contributed by atoms with Gasteiger partial charge in [0.25, 0.3) is 0 Å². The molecule has 1 aliphatic carbocycles. The van der Waals surface area contributed by atoms with Crippen molar-refractivity contribution >= 4 is 34.9 Å². The van der Waals surface area contributed by atoms with Crippen molar-refractivity contribution in [3.63, 3.8) is 0 Å². The summed E-state index contributed by atoms with van der Waals surface area (Å²) in [5.74, 6) is 0. The predicted octanol–water partition coefficient (Wildman–Crippen LogP) is 9.06. The Kier molecular flexibility index (Phi) is 9.30. The van der Waals surface area contributed by atoms with Crippen LogP contribution in [0.3, 0.4) is 0 Å². The SMILES string of the molecule is CCCCN(CCCC)CC(O)c1cc(Cl)cc2c1-c1ccc(Cl)cc1/C2=C/c1ccc(CC)cc1. The van der Waals surface area contributed by atoms with Crippen LogP contribution in [0.2, 0.25) is 10.0 Å². The van der Waals surface area contributed by atoms with Gasteiger partial charge in [-0.25, -0.2) is 0 Å². The zero-order valence-electron chi connectivity index (χ0n) is 21.7. The Labute approximate surface area is 226 Å². The fraction of sp³-hybridized carbons (Fsp3) is 0.375. The molecule has 0 spiro atoms. The molecular weight excluding hydrogens is 485 g/mol. The molecule has 1 atom stereocenters. The molecular formula is C32H37Cl2NO. The number of aryl methyl sites for hydroxylation is 1. The fourth-order valence-electron chi connectivity index (χ4n) is 5.08. The molecule has 2 nitrogen and oxygen atoms in total. The normalized spacial score (nSPS) is 14.4. The van der Waals surface area contributed by atoms with Crippen LogP contribution in [0.15, 0.2) is 54.6 Å². The number of aliphatic hydroxyl groups excluding tert-OH is 1. The maximum Gasteiger partial charge on any atom is 0.0923 e. The predicted molar refractivity (Wildman–Crippen MR) is 156 cm³/mol. The van der Waals surface area contributed by atoms with Gasteiger partial charge < -0.3 is 10.0 Å². The Hall–Kier alpha value is -2.10. The highest BCUT2D eigenvalue weighted by molar-refractivity contribution is 6.32. The summed E-state index contributed by atoms with van der Waals surface area (Å²) in [5.41, 5.74) is 8.75. The zero-order valence-corrected chi connectivity index (χ0v) is 23.2. The number of nitrogens with zero attached hydrogens (tertiary/aromatic N) is 1. The first-order valence-corrected chi connectivity index (χ1v) is 14.1. The van der Waals surface area contributed by atoms with Gasteiger partial charge in [-0.1, -0.05) is 87.1 Å². The molecule has 4 rings (SSSR count). The molecule has 0 aromatic heterocycles. The molecule has 0 saturated carbocycles. The minimum atomic E-state index is -0.627. The van der Waals surface area contributed by atoms with Crippen molar-refractivity contribution in [1.82, 2.24) is 4.90 Å². The third-order valence-corrected chi connectivity index (χ3v) is 7.56. The van der Waals surface area contributed by atoms with Crippen molar-refractivity contribution < 1.29 is 5.11 Å². The minimum Gasteiger partial charge on any atom is -0.387 e. The van der Waals surface area contributed by atoms with Crippen LogP contribution < -0.4 is 0 Å². The summed E-state index contributed by atoms with van der Waals surface area (Å²) in [5, 5.41) is 12.9.